The van der Waals surface area contributed by atoms with Gasteiger partial charge in [0.1, 0.15) is 11.8 Å². The normalized spacial score (nSPS) is 18.2. The lowest BCUT2D eigenvalue weighted by Crippen LogP contribution is -2.13. The molecule has 4 nitrogen and oxygen atoms in total. The first-order chi connectivity index (χ1) is 10.6. The van der Waals surface area contributed by atoms with E-state index in [0.29, 0.717) is 0 Å². The van der Waals surface area contributed by atoms with Crippen LogP contribution in [-0.4, -0.2) is 38.5 Å². The van der Waals surface area contributed by atoms with Crippen molar-refractivity contribution in [2.75, 3.05) is 20.6 Å². The van der Waals surface area contributed by atoms with E-state index in [1.807, 2.05) is 12.1 Å². The van der Waals surface area contributed by atoms with Crippen LogP contribution in [-0.2, 0) is 0 Å². The maximum atomic E-state index is 8.71. The van der Waals surface area contributed by atoms with Crippen LogP contribution in [0, 0.1) is 17.2 Å². The van der Waals surface area contributed by atoms with Crippen molar-refractivity contribution in [2.45, 2.75) is 6.42 Å². The highest BCUT2D eigenvalue weighted by Gasteiger charge is 2.08. The summed E-state index contributed by atoms with van der Waals surface area (Å²) in [5.74, 6) is 0.0499. The predicted octanol–water partition coefficient (Wildman–Crippen LogP) is 3.30. The molecule has 1 atom stereocenters. The fourth-order valence-corrected chi connectivity index (χ4v) is 1.88. The smallest absolute Gasteiger partial charge is 0.133 e. The lowest BCUT2D eigenvalue weighted by atomic mass is 9.99. The van der Waals surface area contributed by atoms with Crippen LogP contribution in [0.4, 0.5) is 0 Å². The first-order valence-electron chi connectivity index (χ1n) is 7.06. The molecule has 0 spiro atoms. The van der Waals surface area contributed by atoms with Crippen LogP contribution in [0.5, 0.6) is 0 Å². The quantitative estimate of drug-likeness (QED) is 0.534. The van der Waals surface area contributed by atoms with E-state index >= 15 is 0 Å². The number of aliphatic imine (C=N–C) groups is 2. The zero-order valence-electron chi connectivity index (χ0n) is 13.2. The van der Waals surface area contributed by atoms with E-state index in [1.165, 1.54) is 5.57 Å². The SMILES string of the molecule is C=N/C=C(\C=NC(=C)C#N)C1C=CC=C(CCN(C)C)C=C1. The van der Waals surface area contributed by atoms with Crippen molar-refractivity contribution < 1.29 is 0 Å². The maximum absolute atomic E-state index is 8.71. The molecule has 0 bridgehead atoms. The van der Waals surface area contributed by atoms with Gasteiger partial charge in [-0.25, -0.2) is 4.99 Å². The second-order valence-corrected chi connectivity index (χ2v) is 5.19. The molecule has 22 heavy (non-hydrogen) atoms. The fraction of sp³-hybridized carbons (Fsp3) is 0.278. The highest BCUT2D eigenvalue weighted by Crippen LogP contribution is 2.19. The van der Waals surface area contributed by atoms with Gasteiger partial charge in [0, 0.05) is 24.9 Å². The van der Waals surface area contributed by atoms with E-state index in [2.05, 4.69) is 66.6 Å². The van der Waals surface area contributed by atoms with E-state index in [4.69, 9.17) is 5.26 Å². The number of rotatable bonds is 7. The summed E-state index contributed by atoms with van der Waals surface area (Å²) >= 11 is 0. The van der Waals surface area contributed by atoms with Crippen LogP contribution in [0.25, 0.3) is 0 Å². The molecule has 1 aliphatic rings. The molecule has 0 amide bonds. The number of hydrogen-bond donors (Lipinski definition) is 0. The van der Waals surface area contributed by atoms with Gasteiger partial charge >= 0.3 is 0 Å². The van der Waals surface area contributed by atoms with Gasteiger partial charge in [-0.15, -0.1) is 0 Å². The molecule has 0 heterocycles. The average Bonchev–Trinajstić information content (AvgIpc) is 2.74. The van der Waals surface area contributed by atoms with Gasteiger partial charge in [-0.2, -0.15) is 5.26 Å². The first-order valence-corrected chi connectivity index (χ1v) is 7.06. The van der Waals surface area contributed by atoms with Crippen LogP contribution >= 0.6 is 0 Å². The van der Waals surface area contributed by atoms with Crippen LogP contribution in [0.1, 0.15) is 6.42 Å². The third-order valence-corrected chi connectivity index (χ3v) is 3.12. The average molecular weight is 294 g/mol. The summed E-state index contributed by atoms with van der Waals surface area (Å²) in [5.41, 5.74) is 2.30. The van der Waals surface area contributed by atoms with Crippen LogP contribution in [0.2, 0.25) is 0 Å². The number of nitriles is 1. The van der Waals surface area contributed by atoms with E-state index in [-0.39, 0.29) is 11.6 Å². The molecular weight excluding hydrogens is 272 g/mol. The molecule has 0 radical (unpaired) electrons. The molecule has 1 unspecified atom stereocenters. The van der Waals surface area contributed by atoms with Gasteiger partial charge in [-0.1, -0.05) is 37.0 Å². The highest BCUT2D eigenvalue weighted by atomic mass is 15.0. The minimum atomic E-state index is 0.0499. The molecule has 0 aromatic carbocycles. The Hall–Kier alpha value is -2.51. The molecule has 0 aliphatic heterocycles. The summed E-state index contributed by atoms with van der Waals surface area (Å²) in [6.45, 7) is 8.03. The Labute approximate surface area is 132 Å². The summed E-state index contributed by atoms with van der Waals surface area (Å²) < 4.78 is 0. The third kappa shape index (κ3) is 6.29. The van der Waals surface area contributed by atoms with Crippen molar-refractivity contribution in [3.05, 3.63) is 60.0 Å². The summed E-state index contributed by atoms with van der Waals surface area (Å²) in [7, 11) is 4.13. The second kappa shape index (κ2) is 9.43. The fourth-order valence-electron chi connectivity index (χ4n) is 1.88. The van der Waals surface area contributed by atoms with Crippen LogP contribution in [0.3, 0.4) is 0 Å². The Morgan fingerprint density at radius 2 is 2.23 bits per heavy atom. The monoisotopic (exact) mass is 294 g/mol. The van der Waals surface area contributed by atoms with E-state index < -0.39 is 0 Å². The Morgan fingerprint density at radius 3 is 2.86 bits per heavy atom. The van der Waals surface area contributed by atoms with Crippen LogP contribution < -0.4 is 0 Å². The van der Waals surface area contributed by atoms with Crippen molar-refractivity contribution in [3.63, 3.8) is 0 Å². The zero-order chi connectivity index (χ0) is 16.4. The van der Waals surface area contributed by atoms with Gasteiger partial charge in [0.2, 0.25) is 0 Å². The van der Waals surface area contributed by atoms with Gasteiger partial charge in [0.25, 0.3) is 0 Å². The molecule has 0 saturated carbocycles. The number of allylic oxidation sites excluding steroid dienone is 7. The van der Waals surface area contributed by atoms with Crippen molar-refractivity contribution in [1.29, 1.82) is 5.26 Å². The molecule has 0 aromatic rings. The van der Waals surface area contributed by atoms with E-state index in [9.17, 15) is 0 Å². The van der Waals surface area contributed by atoms with Crippen molar-refractivity contribution in [3.8, 4) is 6.07 Å². The Kier molecular flexibility index (Phi) is 7.52. The number of hydrogen-bond acceptors (Lipinski definition) is 4. The van der Waals surface area contributed by atoms with Crippen molar-refractivity contribution in [1.82, 2.24) is 4.90 Å². The molecule has 1 aliphatic carbocycles. The lowest BCUT2D eigenvalue weighted by molar-refractivity contribution is 0.414. The minimum Gasteiger partial charge on any atom is -0.309 e. The van der Waals surface area contributed by atoms with Gasteiger partial charge in [0.05, 0.1) is 0 Å². The Bertz CT molecular complexity index is 595. The van der Waals surface area contributed by atoms with Gasteiger partial charge < -0.3 is 4.90 Å². The van der Waals surface area contributed by atoms with Gasteiger partial charge in [-0.3, -0.25) is 4.99 Å². The largest absolute Gasteiger partial charge is 0.309 e. The summed E-state index contributed by atoms with van der Waals surface area (Å²) in [6.07, 6.45) is 14.7. The van der Waals surface area contributed by atoms with Crippen molar-refractivity contribution in [2.24, 2.45) is 15.9 Å². The van der Waals surface area contributed by atoms with Gasteiger partial charge in [-0.05, 0) is 38.4 Å². The third-order valence-electron chi connectivity index (χ3n) is 3.12. The standard InChI is InChI=1S/C18H22N4/c1-15(12-19)21-14-18(13-20-2)17-7-5-6-16(8-9-17)10-11-22(3)4/h5-9,13-14,17H,1-2,10-11H2,3-4H3/b18-13+,21-14?. The predicted molar refractivity (Wildman–Crippen MR) is 93.9 cm³/mol. The zero-order valence-corrected chi connectivity index (χ0v) is 13.2. The maximum Gasteiger partial charge on any atom is 0.133 e. The molecule has 4 heteroatoms. The second-order valence-electron chi connectivity index (χ2n) is 5.19. The van der Waals surface area contributed by atoms with Gasteiger partial charge in [0.15, 0.2) is 0 Å². The molecule has 0 aromatic heterocycles. The lowest BCUT2D eigenvalue weighted by Gasteiger charge is -2.09. The highest BCUT2D eigenvalue weighted by molar-refractivity contribution is 5.81. The van der Waals surface area contributed by atoms with E-state index in [1.54, 1.807) is 12.4 Å². The Morgan fingerprint density at radius 1 is 1.45 bits per heavy atom. The minimum absolute atomic E-state index is 0.0499. The number of nitrogens with zero attached hydrogens (tertiary/aromatic N) is 4. The topological polar surface area (TPSA) is 51.8 Å². The first kappa shape index (κ1) is 17.5. The summed E-state index contributed by atoms with van der Waals surface area (Å²) in [5, 5.41) is 8.71. The molecule has 0 saturated heterocycles. The molecule has 0 N–H and O–H groups in total. The summed E-state index contributed by atoms with van der Waals surface area (Å²) in [4.78, 5) is 10.00. The van der Waals surface area contributed by atoms with Crippen molar-refractivity contribution >= 4 is 12.9 Å². The van der Waals surface area contributed by atoms with Crippen LogP contribution in [0.15, 0.2) is 70.0 Å². The summed E-state index contributed by atoms with van der Waals surface area (Å²) in [6, 6.07) is 1.90. The Balaban J connectivity index is 2.84. The molecule has 0 fully saturated rings. The molecular formula is C18H22N4. The van der Waals surface area contributed by atoms with E-state index in [0.717, 1.165) is 18.5 Å². The molecule has 1 rings (SSSR count). The molecule has 114 valence electrons.